The van der Waals surface area contributed by atoms with Crippen molar-refractivity contribution in [3.05, 3.63) is 50.7 Å². The van der Waals surface area contributed by atoms with E-state index in [9.17, 15) is 19.7 Å². The van der Waals surface area contributed by atoms with Crippen molar-refractivity contribution < 1.29 is 19.0 Å². The molecule has 0 aliphatic rings. The Balaban J connectivity index is 2.11. The van der Waals surface area contributed by atoms with Crippen LogP contribution < -0.4 is 5.32 Å². The average Bonchev–Trinajstić information content (AvgIpc) is 2.97. The quantitative estimate of drug-likeness (QED) is 0.620. The summed E-state index contributed by atoms with van der Waals surface area (Å²) >= 11 is 5.74. The van der Waals surface area contributed by atoms with Crippen LogP contribution in [0.2, 0.25) is 5.02 Å². The molecule has 0 bridgehead atoms. The lowest BCUT2D eigenvalue weighted by molar-refractivity contribution is -0.384. The van der Waals surface area contributed by atoms with Crippen molar-refractivity contribution in [2.24, 2.45) is 0 Å². The molecule has 0 aliphatic carbocycles. The van der Waals surface area contributed by atoms with E-state index in [0.29, 0.717) is 5.76 Å². The topological polar surface area (TPSA) is 119 Å². The molecule has 2 aromatic rings. The van der Waals surface area contributed by atoms with E-state index in [1.165, 1.54) is 17.0 Å². The van der Waals surface area contributed by atoms with Gasteiger partial charge >= 0.3 is 0 Å². The van der Waals surface area contributed by atoms with Crippen LogP contribution in [0, 0.1) is 17.0 Å². The summed E-state index contributed by atoms with van der Waals surface area (Å²) in [6.07, 6.45) is 0. The first-order valence-electron chi connectivity index (χ1n) is 7.28. The number of carbonyl (C=O) groups excluding carboxylic acids is 2. The molecule has 0 saturated heterocycles. The van der Waals surface area contributed by atoms with E-state index in [2.05, 4.69) is 10.5 Å². The van der Waals surface area contributed by atoms with Crippen molar-refractivity contribution >= 4 is 34.9 Å². The number of nitrogens with one attached hydrogen (secondary N) is 1. The molecule has 1 N–H and O–H groups in total. The molecule has 0 spiro atoms. The summed E-state index contributed by atoms with van der Waals surface area (Å²) < 4.78 is 4.84. The molecule has 0 aliphatic heterocycles. The Morgan fingerprint density at radius 2 is 2.12 bits per heavy atom. The number of carbonyl (C=O) groups is 2. The largest absolute Gasteiger partial charge is 0.360 e. The monoisotopic (exact) mass is 366 g/mol. The number of amides is 2. The number of nitro benzene ring substituents is 1. The SMILES string of the molecule is CCN(CC(=O)Nc1cc(C)on1)C(=O)c1ccc(Cl)c([N+](=O)[O-])c1. The molecule has 9 nitrogen and oxygen atoms in total. The van der Waals surface area contributed by atoms with Crippen LogP contribution in [-0.4, -0.2) is 39.9 Å². The van der Waals surface area contributed by atoms with Crippen LogP contribution >= 0.6 is 11.6 Å². The molecule has 132 valence electrons. The van der Waals surface area contributed by atoms with E-state index in [-0.39, 0.29) is 35.2 Å². The number of nitro groups is 1. The number of rotatable bonds is 6. The van der Waals surface area contributed by atoms with Crippen LogP contribution in [0.1, 0.15) is 23.0 Å². The molecule has 2 amide bonds. The van der Waals surface area contributed by atoms with Crippen LogP contribution in [0.3, 0.4) is 0 Å². The second-order valence-corrected chi connectivity index (χ2v) is 5.52. The summed E-state index contributed by atoms with van der Waals surface area (Å²) in [4.78, 5) is 36.0. The Morgan fingerprint density at radius 3 is 2.68 bits per heavy atom. The van der Waals surface area contributed by atoms with Gasteiger partial charge in [-0.15, -0.1) is 0 Å². The first-order chi connectivity index (χ1) is 11.8. The van der Waals surface area contributed by atoms with Crippen LogP contribution in [0.15, 0.2) is 28.8 Å². The second-order valence-electron chi connectivity index (χ2n) is 5.11. The van der Waals surface area contributed by atoms with Crippen molar-refractivity contribution in [2.75, 3.05) is 18.4 Å². The van der Waals surface area contributed by atoms with Crippen molar-refractivity contribution in [3.63, 3.8) is 0 Å². The van der Waals surface area contributed by atoms with Gasteiger partial charge < -0.3 is 14.7 Å². The van der Waals surface area contributed by atoms with Crippen molar-refractivity contribution in [1.82, 2.24) is 10.1 Å². The highest BCUT2D eigenvalue weighted by molar-refractivity contribution is 6.32. The molecule has 0 saturated carbocycles. The van der Waals surface area contributed by atoms with Crippen molar-refractivity contribution in [3.8, 4) is 0 Å². The minimum atomic E-state index is -0.672. The van der Waals surface area contributed by atoms with Gasteiger partial charge in [-0.05, 0) is 26.0 Å². The summed E-state index contributed by atoms with van der Waals surface area (Å²) in [6.45, 7) is 3.37. The van der Waals surface area contributed by atoms with E-state index >= 15 is 0 Å². The van der Waals surface area contributed by atoms with Gasteiger partial charge in [0.2, 0.25) is 5.91 Å². The maximum atomic E-state index is 12.5. The molecule has 0 fully saturated rings. The maximum Gasteiger partial charge on any atom is 0.288 e. The summed E-state index contributed by atoms with van der Waals surface area (Å²) in [7, 11) is 0. The van der Waals surface area contributed by atoms with Gasteiger partial charge in [0, 0.05) is 24.2 Å². The third-order valence-electron chi connectivity index (χ3n) is 3.29. The van der Waals surface area contributed by atoms with Crippen LogP contribution in [0.5, 0.6) is 0 Å². The van der Waals surface area contributed by atoms with Crippen molar-refractivity contribution in [2.45, 2.75) is 13.8 Å². The summed E-state index contributed by atoms with van der Waals surface area (Å²) in [6, 6.07) is 5.28. The Hall–Kier alpha value is -2.94. The van der Waals surface area contributed by atoms with Crippen LogP contribution in [0.4, 0.5) is 11.5 Å². The van der Waals surface area contributed by atoms with Gasteiger partial charge in [-0.1, -0.05) is 16.8 Å². The summed E-state index contributed by atoms with van der Waals surface area (Å²) in [5.74, 6) is -0.207. The van der Waals surface area contributed by atoms with Gasteiger partial charge in [0.15, 0.2) is 5.82 Å². The molecule has 0 radical (unpaired) electrons. The van der Waals surface area contributed by atoms with Gasteiger partial charge in [0.05, 0.1) is 4.92 Å². The number of hydrogen-bond donors (Lipinski definition) is 1. The third-order valence-corrected chi connectivity index (χ3v) is 3.61. The number of aromatic nitrogens is 1. The standard InChI is InChI=1S/C15H15ClN4O5/c1-3-19(8-14(21)17-13-6-9(2)25-18-13)15(22)10-4-5-11(16)12(7-10)20(23)24/h4-7H,3,8H2,1-2H3,(H,17,18,21). The number of likely N-dealkylation sites (N-methyl/N-ethyl adjacent to an activating group) is 1. The minimum Gasteiger partial charge on any atom is -0.360 e. The predicted octanol–water partition coefficient (Wildman–Crippen LogP) is 2.65. The van der Waals surface area contributed by atoms with Gasteiger partial charge in [0.1, 0.15) is 17.3 Å². The Bertz CT molecular complexity index is 820. The zero-order chi connectivity index (χ0) is 18.6. The molecule has 25 heavy (non-hydrogen) atoms. The number of anilines is 1. The highest BCUT2D eigenvalue weighted by Gasteiger charge is 2.21. The maximum absolute atomic E-state index is 12.5. The highest BCUT2D eigenvalue weighted by Crippen LogP contribution is 2.25. The highest BCUT2D eigenvalue weighted by atomic mass is 35.5. The third kappa shape index (κ3) is 4.54. The Labute approximate surface area is 147 Å². The lowest BCUT2D eigenvalue weighted by Crippen LogP contribution is -2.37. The van der Waals surface area contributed by atoms with E-state index in [4.69, 9.17) is 16.1 Å². The Kier molecular flexibility index (Phi) is 5.71. The zero-order valence-electron chi connectivity index (χ0n) is 13.5. The number of aryl methyl sites for hydroxylation is 1. The fraction of sp³-hybridized carbons (Fsp3) is 0.267. The average molecular weight is 367 g/mol. The van der Waals surface area contributed by atoms with Gasteiger partial charge in [-0.2, -0.15) is 0 Å². The lowest BCUT2D eigenvalue weighted by Gasteiger charge is -2.20. The molecule has 0 atom stereocenters. The second kappa shape index (κ2) is 7.75. The number of halogens is 1. The molecular formula is C15H15ClN4O5. The number of nitrogens with zero attached hydrogens (tertiary/aromatic N) is 3. The van der Waals surface area contributed by atoms with E-state index < -0.39 is 16.7 Å². The number of hydrogen-bond acceptors (Lipinski definition) is 6. The molecule has 10 heteroatoms. The fourth-order valence-corrected chi connectivity index (χ4v) is 2.26. The lowest BCUT2D eigenvalue weighted by atomic mass is 10.1. The van der Waals surface area contributed by atoms with E-state index in [1.807, 2.05) is 0 Å². The summed E-state index contributed by atoms with van der Waals surface area (Å²) in [5, 5.41) is 17.0. The van der Waals surface area contributed by atoms with Crippen LogP contribution in [0.25, 0.3) is 0 Å². The minimum absolute atomic E-state index is 0.0660. The van der Waals surface area contributed by atoms with E-state index in [1.54, 1.807) is 19.9 Å². The first-order valence-corrected chi connectivity index (χ1v) is 7.66. The Morgan fingerprint density at radius 1 is 1.40 bits per heavy atom. The summed E-state index contributed by atoms with van der Waals surface area (Å²) in [5.41, 5.74) is -0.297. The number of benzene rings is 1. The molecular weight excluding hydrogens is 352 g/mol. The van der Waals surface area contributed by atoms with Crippen LogP contribution in [-0.2, 0) is 4.79 Å². The fourth-order valence-electron chi connectivity index (χ4n) is 2.08. The van der Waals surface area contributed by atoms with Crippen molar-refractivity contribution in [1.29, 1.82) is 0 Å². The first kappa shape index (κ1) is 18.4. The van der Waals surface area contributed by atoms with E-state index in [0.717, 1.165) is 6.07 Å². The molecule has 1 heterocycles. The molecule has 2 rings (SSSR count). The molecule has 1 aromatic carbocycles. The normalized spacial score (nSPS) is 10.4. The molecule has 0 unspecified atom stereocenters. The van der Waals surface area contributed by atoms with Gasteiger partial charge in [0.25, 0.3) is 11.6 Å². The molecule has 1 aromatic heterocycles. The predicted molar refractivity (Wildman–Crippen MR) is 89.6 cm³/mol. The van der Waals surface area contributed by atoms with Gasteiger partial charge in [-0.3, -0.25) is 19.7 Å². The van der Waals surface area contributed by atoms with Gasteiger partial charge in [-0.25, -0.2) is 0 Å². The zero-order valence-corrected chi connectivity index (χ0v) is 14.2. The smallest absolute Gasteiger partial charge is 0.288 e.